The molecule has 0 amide bonds. The first kappa shape index (κ1) is 13.3. The maximum Gasteiger partial charge on any atom is 0.330 e. The van der Waals surface area contributed by atoms with Crippen LogP contribution in [0.3, 0.4) is 0 Å². The maximum absolute atomic E-state index is 10.5. The van der Waals surface area contributed by atoms with Gasteiger partial charge in [0.15, 0.2) is 0 Å². The number of carboxylic acids is 1. The van der Waals surface area contributed by atoms with Crippen LogP contribution in [0.15, 0.2) is 11.3 Å². The van der Waals surface area contributed by atoms with Gasteiger partial charge in [0.05, 0.1) is 0 Å². The molecule has 82 valence electrons. The number of hydrogen-bond acceptors (Lipinski definition) is 3. The first-order valence-corrected chi connectivity index (χ1v) is 6.38. The van der Waals surface area contributed by atoms with Crippen molar-refractivity contribution in [2.45, 2.75) is 26.7 Å². The summed E-state index contributed by atoms with van der Waals surface area (Å²) >= 11 is 0. The topological polar surface area (TPSA) is 55.8 Å². The van der Waals surface area contributed by atoms with Crippen molar-refractivity contribution in [3.63, 3.8) is 0 Å². The van der Waals surface area contributed by atoms with E-state index in [-0.39, 0.29) is 5.91 Å². The van der Waals surface area contributed by atoms with E-state index in [2.05, 4.69) is 0 Å². The Morgan fingerprint density at radius 3 is 2.29 bits per heavy atom. The lowest BCUT2D eigenvalue weighted by molar-refractivity contribution is -0.132. The number of rotatable bonds is 7. The van der Waals surface area contributed by atoms with Crippen LogP contribution in [0.5, 0.6) is 0 Å². The molecule has 0 unspecified atom stereocenters. The van der Waals surface area contributed by atoms with E-state index in [0.29, 0.717) is 18.8 Å². The summed E-state index contributed by atoms with van der Waals surface area (Å²) in [6.07, 6.45) is 0. The van der Waals surface area contributed by atoms with Gasteiger partial charge in [-0.15, -0.1) is 0 Å². The normalized spacial score (nSPS) is 13.0. The predicted octanol–water partition coefficient (Wildman–Crippen LogP) is 0.500. The molecule has 0 saturated heterocycles. The van der Waals surface area contributed by atoms with Gasteiger partial charge < -0.3 is 14.6 Å². The van der Waals surface area contributed by atoms with Gasteiger partial charge in [0.2, 0.25) is 0 Å². The van der Waals surface area contributed by atoms with E-state index in [0.717, 1.165) is 0 Å². The molecule has 0 atom stereocenters. The number of carboxylic acid groups (broad SMARTS) is 1. The lowest BCUT2D eigenvalue weighted by Gasteiger charge is -2.14. The van der Waals surface area contributed by atoms with Gasteiger partial charge >= 0.3 is 5.97 Å². The SMILES string of the molecule is CCOC(OCC)[SiH2]C=C(C)C(=O)O. The summed E-state index contributed by atoms with van der Waals surface area (Å²) in [5.41, 5.74) is 2.12. The fourth-order valence-corrected chi connectivity index (χ4v) is 2.38. The Kier molecular flexibility index (Phi) is 7.36. The average molecular weight is 218 g/mol. The molecule has 0 fully saturated rings. The van der Waals surface area contributed by atoms with E-state index in [1.807, 2.05) is 13.8 Å². The van der Waals surface area contributed by atoms with Crippen molar-refractivity contribution in [1.29, 1.82) is 0 Å². The van der Waals surface area contributed by atoms with Gasteiger partial charge in [0.1, 0.15) is 15.4 Å². The van der Waals surface area contributed by atoms with Crippen molar-refractivity contribution in [2.24, 2.45) is 0 Å². The standard InChI is InChI=1S/C9H18O4Si/c1-4-12-9(13-5-2)14-6-7(3)8(10)11/h6,9H,4-5,14H2,1-3H3,(H,10,11). The van der Waals surface area contributed by atoms with Crippen molar-refractivity contribution in [3.8, 4) is 0 Å². The van der Waals surface area contributed by atoms with Crippen LogP contribution in [-0.4, -0.2) is 39.7 Å². The second-order valence-corrected chi connectivity index (χ2v) is 4.31. The highest BCUT2D eigenvalue weighted by Gasteiger charge is 2.07. The van der Waals surface area contributed by atoms with Crippen LogP contribution < -0.4 is 0 Å². The van der Waals surface area contributed by atoms with Crippen LogP contribution >= 0.6 is 0 Å². The number of carbonyl (C=O) groups is 1. The van der Waals surface area contributed by atoms with Gasteiger partial charge in [0, 0.05) is 18.8 Å². The van der Waals surface area contributed by atoms with Crippen LogP contribution in [0.25, 0.3) is 0 Å². The second kappa shape index (κ2) is 7.72. The summed E-state index contributed by atoms with van der Waals surface area (Å²) in [5, 5.41) is 8.63. The van der Waals surface area contributed by atoms with Gasteiger partial charge in [-0.3, -0.25) is 0 Å². The molecule has 4 nitrogen and oxygen atoms in total. The predicted molar refractivity (Wildman–Crippen MR) is 57.0 cm³/mol. The lowest BCUT2D eigenvalue weighted by Crippen LogP contribution is -2.24. The van der Waals surface area contributed by atoms with E-state index in [1.165, 1.54) is 0 Å². The van der Waals surface area contributed by atoms with Crippen molar-refractivity contribution < 1.29 is 19.4 Å². The molecule has 0 aliphatic heterocycles. The van der Waals surface area contributed by atoms with Crippen LogP contribution in [0, 0.1) is 0 Å². The van der Waals surface area contributed by atoms with Crippen molar-refractivity contribution in [3.05, 3.63) is 11.3 Å². The molecule has 1 N–H and O–H groups in total. The first-order chi connectivity index (χ1) is 6.61. The van der Waals surface area contributed by atoms with Gasteiger partial charge in [-0.05, 0) is 20.8 Å². The molecule has 0 rings (SSSR count). The average Bonchev–Trinajstić information content (AvgIpc) is 2.14. The summed E-state index contributed by atoms with van der Waals surface area (Å²) in [6.45, 7) is 6.57. The van der Waals surface area contributed by atoms with Crippen LogP contribution in [0.2, 0.25) is 0 Å². The molecule has 0 aromatic heterocycles. The summed E-state index contributed by atoms with van der Waals surface area (Å²) < 4.78 is 10.6. The Hall–Kier alpha value is -0.653. The number of hydrogen-bond donors (Lipinski definition) is 1. The van der Waals surface area contributed by atoms with E-state index >= 15 is 0 Å². The molecule has 0 aromatic carbocycles. The molecular formula is C9H18O4Si. The molecule has 0 radical (unpaired) electrons. The molecule has 0 saturated carbocycles. The van der Waals surface area contributed by atoms with E-state index in [1.54, 1.807) is 12.6 Å². The third-order valence-electron chi connectivity index (χ3n) is 1.66. The summed E-state index contributed by atoms with van der Waals surface area (Å²) in [6, 6.07) is 0. The summed E-state index contributed by atoms with van der Waals surface area (Å²) in [5.74, 6) is -1.07. The van der Waals surface area contributed by atoms with Crippen molar-refractivity contribution in [1.82, 2.24) is 0 Å². The zero-order valence-electron chi connectivity index (χ0n) is 8.95. The fraction of sp³-hybridized carbons (Fsp3) is 0.667. The molecule has 0 aliphatic carbocycles. The number of ether oxygens (including phenoxy) is 2. The molecule has 5 heteroatoms. The molecule has 0 heterocycles. The summed E-state index contributed by atoms with van der Waals surface area (Å²) in [4.78, 5) is 10.5. The lowest BCUT2D eigenvalue weighted by atomic mass is 10.4. The molecule has 0 spiro atoms. The Bertz CT molecular complexity index is 197. The quantitative estimate of drug-likeness (QED) is 0.384. The van der Waals surface area contributed by atoms with E-state index in [9.17, 15) is 4.79 Å². The molecular weight excluding hydrogens is 200 g/mol. The molecule has 0 aromatic rings. The zero-order chi connectivity index (χ0) is 11.0. The monoisotopic (exact) mass is 218 g/mol. The van der Waals surface area contributed by atoms with Gasteiger partial charge in [0.25, 0.3) is 0 Å². The third kappa shape index (κ3) is 5.90. The first-order valence-electron chi connectivity index (χ1n) is 4.75. The van der Waals surface area contributed by atoms with Crippen LogP contribution in [0.1, 0.15) is 20.8 Å². The Morgan fingerprint density at radius 2 is 1.93 bits per heavy atom. The molecule has 14 heavy (non-hydrogen) atoms. The van der Waals surface area contributed by atoms with Crippen LogP contribution in [-0.2, 0) is 14.3 Å². The zero-order valence-corrected chi connectivity index (χ0v) is 10.4. The Balaban J connectivity index is 4.02. The minimum absolute atomic E-state index is 0.195. The second-order valence-electron chi connectivity index (χ2n) is 2.77. The fourth-order valence-electron chi connectivity index (χ4n) is 0.916. The van der Waals surface area contributed by atoms with Gasteiger partial charge in [-0.2, -0.15) is 0 Å². The third-order valence-corrected chi connectivity index (χ3v) is 3.36. The Labute approximate surface area is 86.7 Å². The van der Waals surface area contributed by atoms with Crippen molar-refractivity contribution in [2.75, 3.05) is 13.2 Å². The van der Waals surface area contributed by atoms with Gasteiger partial charge in [-0.25, -0.2) is 4.79 Å². The highest BCUT2D eigenvalue weighted by atomic mass is 28.2. The Morgan fingerprint density at radius 1 is 1.43 bits per heavy atom. The van der Waals surface area contributed by atoms with Crippen LogP contribution in [0.4, 0.5) is 0 Å². The smallest absolute Gasteiger partial charge is 0.330 e. The maximum atomic E-state index is 10.5. The molecule has 0 aliphatic rings. The van der Waals surface area contributed by atoms with Gasteiger partial charge in [-0.1, -0.05) is 5.70 Å². The minimum Gasteiger partial charge on any atom is -0.478 e. The van der Waals surface area contributed by atoms with Crippen molar-refractivity contribution >= 4 is 15.5 Å². The minimum atomic E-state index is -0.871. The number of aliphatic carboxylic acids is 1. The highest BCUT2D eigenvalue weighted by molar-refractivity contribution is 6.44. The van der Waals surface area contributed by atoms with E-state index < -0.39 is 15.5 Å². The summed E-state index contributed by atoms with van der Waals surface area (Å²) in [7, 11) is -0.774. The molecule has 0 bridgehead atoms. The highest BCUT2D eigenvalue weighted by Crippen LogP contribution is 1.97. The largest absolute Gasteiger partial charge is 0.478 e. The van der Waals surface area contributed by atoms with E-state index in [4.69, 9.17) is 14.6 Å².